The van der Waals surface area contributed by atoms with Crippen LogP contribution in [0.2, 0.25) is 0 Å². The van der Waals surface area contributed by atoms with Crippen LogP contribution in [0.1, 0.15) is 24.5 Å². The maximum Gasteiger partial charge on any atom is 0.418 e. The molecule has 108 valence electrons. The third-order valence-electron chi connectivity index (χ3n) is 2.53. The van der Waals surface area contributed by atoms with Crippen LogP contribution in [0, 0.1) is 0 Å². The molecule has 0 heterocycles. The van der Waals surface area contributed by atoms with E-state index in [0.29, 0.717) is 6.42 Å². The Morgan fingerprint density at radius 1 is 1.21 bits per heavy atom. The van der Waals surface area contributed by atoms with Crippen LogP contribution < -0.4 is 0 Å². The number of alkyl halides is 4. The van der Waals surface area contributed by atoms with Crippen LogP contribution in [-0.4, -0.2) is 24.4 Å². The quantitative estimate of drug-likeness (QED) is 0.377. The van der Waals surface area contributed by atoms with Crippen molar-refractivity contribution in [3.05, 3.63) is 29.8 Å². The highest BCUT2D eigenvalue weighted by Crippen LogP contribution is 2.36. The van der Waals surface area contributed by atoms with E-state index in [1.54, 1.807) is 12.1 Å². The monoisotopic (exact) mass is 356 g/mol. The first-order valence-corrected chi connectivity index (χ1v) is 8.22. The number of ether oxygens (including phenoxy) is 1. The Kier molecular flexibility index (Phi) is 7.25. The minimum absolute atomic E-state index is 0.111. The number of hydrogen-bond donors (Lipinski definition) is 0. The van der Waals surface area contributed by atoms with Crippen molar-refractivity contribution < 1.29 is 17.9 Å². The second kappa shape index (κ2) is 8.17. The fourth-order valence-electron chi connectivity index (χ4n) is 1.56. The van der Waals surface area contributed by atoms with Crippen LogP contribution >= 0.6 is 27.7 Å². The Labute approximate surface area is 124 Å². The topological polar surface area (TPSA) is 9.23 Å². The van der Waals surface area contributed by atoms with Gasteiger partial charge in [-0.2, -0.15) is 13.2 Å². The van der Waals surface area contributed by atoms with Crippen molar-refractivity contribution in [2.45, 2.75) is 30.0 Å². The number of unbranched alkanes of at least 4 members (excludes halogenated alkanes) is 1. The highest BCUT2D eigenvalue weighted by atomic mass is 79.9. The molecule has 0 bridgehead atoms. The molecule has 1 atom stereocenters. The summed E-state index contributed by atoms with van der Waals surface area (Å²) >= 11 is 4.73. The van der Waals surface area contributed by atoms with Crippen LogP contribution in [0.25, 0.3) is 0 Å². The molecule has 1 nitrogen and oxygen atoms in total. The van der Waals surface area contributed by atoms with Crippen LogP contribution in [0.4, 0.5) is 13.2 Å². The van der Waals surface area contributed by atoms with Gasteiger partial charge in [0.25, 0.3) is 0 Å². The fourth-order valence-corrected chi connectivity index (χ4v) is 2.36. The molecule has 1 aromatic rings. The fraction of sp³-hybridized carbons (Fsp3) is 0.538. The molecule has 0 aliphatic heterocycles. The van der Waals surface area contributed by atoms with Gasteiger partial charge >= 0.3 is 6.18 Å². The van der Waals surface area contributed by atoms with Gasteiger partial charge in [-0.25, -0.2) is 0 Å². The average molecular weight is 357 g/mol. The van der Waals surface area contributed by atoms with E-state index < -0.39 is 12.3 Å². The summed E-state index contributed by atoms with van der Waals surface area (Å²) in [6.07, 6.45) is -2.92. The molecule has 1 aromatic carbocycles. The minimum Gasteiger partial charge on any atom is -0.364 e. The molecule has 19 heavy (non-hydrogen) atoms. The predicted octanol–water partition coefficient (Wildman–Crippen LogP) is 5.20. The Morgan fingerprint density at radius 3 is 2.32 bits per heavy atom. The van der Waals surface area contributed by atoms with Gasteiger partial charge in [0.1, 0.15) is 0 Å². The molecule has 0 spiro atoms. The molecule has 0 radical (unpaired) electrons. The van der Waals surface area contributed by atoms with E-state index in [1.807, 2.05) is 6.26 Å². The van der Waals surface area contributed by atoms with Crippen molar-refractivity contribution in [3.63, 3.8) is 0 Å². The standard InChI is InChI=1S/C13H16BrF3OS/c1-19-11-6-4-10(5-7-11)12(13(15,16)17)18-9-3-2-8-14/h4-7,12H,2-3,8-9H2,1H3. The van der Waals surface area contributed by atoms with Crippen molar-refractivity contribution in [1.29, 1.82) is 0 Å². The molecular weight excluding hydrogens is 341 g/mol. The number of halogens is 4. The summed E-state index contributed by atoms with van der Waals surface area (Å²) in [7, 11) is 0. The van der Waals surface area contributed by atoms with E-state index in [4.69, 9.17) is 4.74 Å². The van der Waals surface area contributed by atoms with Crippen LogP contribution in [0.15, 0.2) is 29.2 Å². The maximum atomic E-state index is 13.0. The summed E-state index contributed by atoms with van der Waals surface area (Å²) < 4.78 is 43.9. The van der Waals surface area contributed by atoms with E-state index in [9.17, 15) is 13.2 Å². The predicted molar refractivity (Wildman–Crippen MR) is 76.0 cm³/mol. The third-order valence-corrected chi connectivity index (χ3v) is 3.83. The second-order valence-electron chi connectivity index (χ2n) is 3.96. The number of benzene rings is 1. The maximum absolute atomic E-state index is 13.0. The second-order valence-corrected chi connectivity index (χ2v) is 5.63. The normalized spacial score (nSPS) is 13.5. The summed E-state index contributed by atoms with van der Waals surface area (Å²) in [5.41, 5.74) is 0.157. The van der Waals surface area contributed by atoms with Crippen LogP contribution in [-0.2, 0) is 4.74 Å². The van der Waals surface area contributed by atoms with Crippen molar-refractivity contribution >= 4 is 27.7 Å². The van der Waals surface area contributed by atoms with Crippen molar-refractivity contribution in [1.82, 2.24) is 0 Å². The van der Waals surface area contributed by atoms with Gasteiger partial charge < -0.3 is 4.74 Å². The Balaban J connectivity index is 2.72. The highest BCUT2D eigenvalue weighted by Gasteiger charge is 2.41. The highest BCUT2D eigenvalue weighted by molar-refractivity contribution is 9.09. The first-order valence-electron chi connectivity index (χ1n) is 5.87. The Hall–Kier alpha value is -0.200. The lowest BCUT2D eigenvalue weighted by Gasteiger charge is -2.21. The zero-order valence-electron chi connectivity index (χ0n) is 10.5. The zero-order chi connectivity index (χ0) is 14.3. The van der Waals surface area contributed by atoms with Gasteiger partial charge in [-0.05, 0) is 36.8 Å². The molecule has 0 aliphatic carbocycles. The van der Waals surface area contributed by atoms with Gasteiger partial charge in [-0.15, -0.1) is 11.8 Å². The molecule has 1 unspecified atom stereocenters. The van der Waals surface area contributed by atoms with Crippen molar-refractivity contribution in [2.75, 3.05) is 18.2 Å². The molecule has 0 amide bonds. The summed E-state index contributed by atoms with van der Waals surface area (Å²) in [4.78, 5) is 0.934. The molecule has 0 N–H and O–H groups in total. The number of thioether (sulfide) groups is 1. The van der Waals surface area contributed by atoms with E-state index in [1.165, 1.54) is 23.9 Å². The molecule has 0 fully saturated rings. The lowest BCUT2D eigenvalue weighted by atomic mass is 10.1. The lowest BCUT2D eigenvalue weighted by Crippen LogP contribution is -2.24. The van der Waals surface area contributed by atoms with E-state index in [-0.39, 0.29) is 12.2 Å². The molecule has 1 rings (SSSR count). The molecule has 6 heteroatoms. The summed E-state index contributed by atoms with van der Waals surface area (Å²) in [5, 5.41) is 0.773. The van der Waals surface area contributed by atoms with Gasteiger partial charge in [-0.1, -0.05) is 28.1 Å². The lowest BCUT2D eigenvalue weighted by molar-refractivity contribution is -0.224. The SMILES string of the molecule is CSc1ccc(C(OCCCCBr)C(F)(F)F)cc1. The average Bonchev–Trinajstić information content (AvgIpc) is 2.37. The van der Waals surface area contributed by atoms with Crippen LogP contribution in [0.5, 0.6) is 0 Å². The summed E-state index contributed by atoms with van der Waals surface area (Å²) in [6.45, 7) is 0.111. The van der Waals surface area contributed by atoms with Gasteiger partial charge in [0.2, 0.25) is 0 Å². The smallest absolute Gasteiger partial charge is 0.364 e. The van der Waals surface area contributed by atoms with Gasteiger partial charge in [0.05, 0.1) is 0 Å². The molecule has 0 aromatic heterocycles. The van der Waals surface area contributed by atoms with E-state index in [2.05, 4.69) is 15.9 Å². The summed E-state index contributed by atoms with van der Waals surface area (Å²) in [5.74, 6) is 0. The molecule has 0 saturated carbocycles. The first kappa shape index (κ1) is 16.9. The third kappa shape index (κ3) is 5.75. The minimum atomic E-state index is -4.38. The molecular formula is C13H16BrF3OS. The molecule has 0 aliphatic rings. The van der Waals surface area contributed by atoms with E-state index in [0.717, 1.165) is 16.6 Å². The first-order chi connectivity index (χ1) is 8.99. The van der Waals surface area contributed by atoms with Gasteiger partial charge in [0, 0.05) is 16.8 Å². The number of rotatable bonds is 7. The van der Waals surface area contributed by atoms with E-state index >= 15 is 0 Å². The Bertz CT molecular complexity index is 367. The Morgan fingerprint density at radius 2 is 1.84 bits per heavy atom. The van der Waals surface area contributed by atoms with Gasteiger partial charge in [0.15, 0.2) is 6.10 Å². The number of hydrogen-bond acceptors (Lipinski definition) is 2. The molecule has 0 saturated heterocycles. The van der Waals surface area contributed by atoms with Gasteiger partial charge in [-0.3, -0.25) is 0 Å². The van der Waals surface area contributed by atoms with Crippen molar-refractivity contribution in [3.8, 4) is 0 Å². The zero-order valence-corrected chi connectivity index (χ0v) is 12.9. The summed E-state index contributed by atoms with van der Waals surface area (Å²) in [6, 6.07) is 6.32. The van der Waals surface area contributed by atoms with Crippen molar-refractivity contribution in [2.24, 2.45) is 0 Å². The largest absolute Gasteiger partial charge is 0.418 e. The van der Waals surface area contributed by atoms with Crippen LogP contribution in [0.3, 0.4) is 0 Å².